The summed E-state index contributed by atoms with van der Waals surface area (Å²) in [4.78, 5) is 22.9. The van der Waals surface area contributed by atoms with Crippen LogP contribution in [0.15, 0.2) is 0 Å². The summed E-state index contributed by atoms with van der Waals surface area (Å²) in [5.74, 6) is 4.94. The predicted octanol–water partition coefficient (Wildman–Crippen LogP) is 1.06. The van der Waals surface area contributed by atoms with Crippen molar-refractivity contribution in [1.29, 1.82) is 0 Å². The maximum absolute atomic E-state index is 11.6. The van der Waals surface area contributed by atoms with Gasteiger partial charge in [-0.05, 0) is 46.5 Å². The average molecular weight is 257 g/mol. The van der Waals surface area contributed by atoms with E-state index in [0.29, 0.717) is 0 Å². The molecule has 0 aromatic rings. The monoisotopic (exact) mass is 257 g/mol. The lowest BCUT2D eigenvalue weighted by molar-refractivity contribution is -0.126. The van der Waals surface area contributed by atoms with E-state index in [1.165, 1.54) is 0 Å². The topological polar surface area (TPSA) is 93.4 Å². The standard InChI is InChI=1S/C12H23N3O3/c1-12(2,3)18-11(17)14-9-6-4-8(5-7-9)10(16)15-13/h8-9H,4-7,13H2,1-3H3,(H,14,17)(H,15,16). The van der Waals surface area contributed by atoms with Gasteiger partial charge in [-0.25, -0.2) is 10.6 Å². The highest BCUT2D eigenvalue weighted by Gasteiger charge is 2.27. The number of ether oxygens (including phenoxy) is 1. The molecule has 18 heavy (non-hydrogen) atoms. The van der Waals surface area contributed by atoms with Crippen molar-refractivity contribution >= 4 is 12.0 Å². The van der Waals surface area contributed by atoms with E-state index >= 15 is 0 Å². The number of hydrogen-bond donors (Lipinski definition) is 3. The van der Waals surface area contributed by atoms with E-state index in [9.17, 15) is 9.59 Å². The van der Waals surface area contributed by atoms with Crippen molar-refractivity contribution in [2.24, 2.45) is 11.8 Å². The molecule has 1 saturated carbocycles. The van der Waals surface area contributed by atoms with Crippen LogP contribution in [0.4, 0.5) is 4.79 Å². The van der Waals surface area contributed by atoms with Gasteiger partial charge in [-0.3, -0.25) is 10.2 Å². The molecule has 6 nitrogen and oxygen atoms in total. The zero-order chi connectivity index (χ0) is 13.8. The van der Waals surface area contributed by atoms with Crippen LogP contribution in [0.1, 0.15) is 46.5 Å². The molecule has 0 bridgehead atoms. The van der Waals surface area contributed by atoms with E-state index in [0.717, 1.165) is 25.7 Å². The Morgan fingerprint density at radius 1 is 1.17 bits per heavy atom. The summed E-state index contributed by atoms with van der Waals surface area (Å²) in [5.41, 5.74) is 1.68. The van der Waals surface area contributed by atoms with Gasteiger partial charge in [0, 0.05) is 12.0 Å². The highest BCUT2D eigenvalue weighted by Crippen LogP contribution is 2.24. The van der Waals surface area contributed by atoms with E-state index in [2.05, 4.69) is 10.7 Å². The van der Waals surface area contributed by atoms with Gasteiger partial charge in [0.25, 0.3) is 0 Å². The SMILES string of the molecule is CC(C)(C)OC(=O)NC1CCC(C(=O)NN)CC1. The Morgan fingerprint density at radius 2 is 1.72 bits per heavy atom. The molecular weight excluding hydrogens is 234 g/mol. The minimum atomic E-state index is -0.485. The molecule has 0 unspecified atom stereocenters. The number of nitrogens with two attached hydrogens (primary N) is 1. The zero-order valence-electron chi connectivity index (χ0n) is 11.3. The summed E-state index contributed by atoms with van der Waals surface area (Å²) >= 11 is 0. The van der Waals surface area contributed by atoms with Crippen LogP contribution < -0.4 is 16.6 Å². The Balaban J connectivity index is 2.31. The molecule has 1 rings (SSSR count). The van der Waals surface area contributed by atoms with Gasteiger partial charge in [0.15, 0.2) is 0 Å². The Kier molecular flexibility index (Phi) is 4.95. The van der Waals surface area contributed by atoms with E-state index in [1.54, 1.807) is 0 Å². The molecule has 0 aromatic heterocycles. The van der Waals surface area contributed by atoms with Crippen LogP contribution >= 0.6 is 0 Å². The lowest BCUT2D eigenvalue weighted by atomic mass is 9.85. The highest BCUT2D eigenvalue weighted by molar-refractivity contribution is 5.78. The molecule has 0 aliphatic heterocycles. The first-order valence-electron chi connectivity index (χ1n) is 6.32. The van der Waals surface area contributed by atoms with Crippen LogP contribution in [0.5, 0.6) is 0 Å². The molecule has 0 heterocycles. The largest absolute Gasteiger partial charge is 0.444 e. The molecule has 104 valence electrons. The second-order valence-corrected chi connectivity index (χ2v) is 5.70. The number of nitrogens with one attached hydrogen (secondary N) is 2. The van der Waals surface area contributed by atoms with Crippen molar-refractivity contribution in [1.82, 2.24) is 10.7 Å². The third-order valence-electron chi connectivity index (χ3n) is 2.96. The van der Waals surface area contributed by atoms with Crippen LogP contribution in [0.2, 0.25) is 0 Å². The summed E-state index contributed by atoms with van der Waals surface area (Å²) in [6, 6.07) is 0.0849. The van der Waals surface area contributed by atoms with Crippen LogP contribution in [0.3, 0.4) is 0 Å². The first kappa shape index (κ1) is 14.8. The van der Waals surface area contributed by atoms with Crippen molar-refractivity contribution in [3.63, 3.8) is 0 Å². The smallest absolute Gasteiger partial charge is 0.407 e. The Labute approximate surface area is 108 Å². The molecule has 0 saturated heterocycles. The van der Waals surface area contributed by atoms with Gasteiger partial charge in [-0.2, -0.15) is 0 Å². The summed E-state index contributed by atoms with van der Waals surface area (Å²) in [6.45, 7) is 5.49. The molecule has 4 N–H and O–H groups in total. The van der Waals surface area contributed by atoms with Crippen LogP contribution in [0.25, 0.3) is 0 Å². The fourth-order valence-corrected chi connectivity index (χ4v) is 2.09. The van der Waals surface area contributed by atoms with Crippen molar-refractivity contribution in [3.05, 3.63) is 0 Å². The molecule has 0 aromatic carbocycles. The van der Waals surface area contributed by atoms with Gasteiger partial charge in [0.1, 0.15) is 5.60 Å². The second kappa shape index (κ2) is 6.04. The van der Waals surface area contributed by atoms with E-state index < -0.39 is 11.7 Å². The normalized spacial score (nSPS) is 24.2. The number of carbonyl (C=O) groups is 2. The number of amides is 2. The van der Waals surface area contributed by atoms with Gasteiger partial charge in [-0.15, -0.1) is 0 Å². The van der Waals surface area contributed by atoms with E-state index in [-0.39, 0.29) is 17.9 Å². The fraction of sp³-hybridized carbons (Fsp3) is 0.833. The lowest BCUT2D eigenvalue weighted by Gasteiger charge is -2.29. The van der Waals surface area contributed by atoms with Gasteiger partial charge in [0.05, 0.1) is 0 Å². The van der Waals surface area contributed by atoms with Crippen LogP contribution in [0, 0.1) is 5.92 Å². The minimum Gasteiger partial charge on any atom is -0.444 e. The minimum absolute atomic E-state index is 0.0355. The molecule has 2 amide bonds. The summed E-state index contributed by atoms with van der Waals surface area (Å²) in [7, 11) is 0. The Morgan fingerprint density at radius 3 is 2.17 bits per heavy atom. The van der Waals surface area contributed by atoms with Crippen LogP contribution in [-0.2, 0) is 9.53 Å². The van der Waals surface area contributed by atoms with Crippen molar-refractivity contribution in [2.75, 3.05) is 0 Å². The zero-order valence-corrected chi connectivity index (χ0v) is 11.3. The summed E-state index contributed by atoms with van der Waals surface area (Å²) in [5, 5.41) is 2.83. The van der Waals surface area contributed by atoms with Gasteiger partial charge >= 0.3 is 6.09 Å². The van der Waals surface area contributed by atoms with E-state index in [1.807, 2.05) is 20.8 Å². The molecule has 0 radical (unpaired) electrons. The fourth-order valence-electron chi connectivity index (χ4n) is 2.09. The molecule has 1 aliphatic carbocycles. The molecule has 1 fully saturated rings. The number of hydrazine groups is 1. The highest BCUT2D eigenvalue weighted by atomic mass is 16.6. The van der Waals surface area contributed by atoms with Crippen molar-refractivity contribution in [3.8, 4) is 0 Å². The first-order chi connectivity index (χ1) is 8.31. The van der Waals surface area contributed by atoms with E-state index in [4.69, 9.17) is 10.6 Å². The second-order valence-electron chi connectivity index (χ2n) is 5.70. The lowest BCUT2D eigenvalue weighted by Crippen LogP contribution is -2.43. The average Bonchev–Trinajstić information content (AvgIpc) is 2.26. The third-order valence-corrected chi connectivity index (χ3v) is 2.96. The molecule has 0 spiro atoms. The first-order valence-corrected chi connectivity index (χ1v) is 6.32. The molecule has 6 heteroatoms. The number of hydrogen-bond acceptors (Lipinski definition) is 4. The predicted molar refractivity (Wildman–Crippen MR) is 67.4 cm³/mol. The van der Waals surface area contributed by atoms with Crippen molar-refractivity contribution in [2.45, 2.75) is 58.1 Å². The van der Waals surface area contributed by atoms with Gasteiger partial charge in [-0.1, -0.05) is 0 Å². The number of alkyl carbamates (subject to hydrolysis) is 1. The maximum Gasteiger partial charge on any atom is 0.407 e. The molecular formula is C12H23N3O3. The third kappa shape index (κ3) is 4.91. The number of carbonyl (C=O) groups excluding carboxylic acids is 2. The van der Waals surface area contributed by atoms with Crippen molar-refractivity contribution < 1.29 is 14.3 Å². The quantitative estimate of drug-likeness (QED) is 0.392. The summed E-state index contributed by atoms with van der Waals surface area (Å²) in [6.07, 6.45) is 2.64. The van der Waals surface area contributed by atoms with Gasteiger partial charge < -0.3 is 10.1 Å². The summed E-state index contributed by atoms with van der Waals surface area (Å²) < 4.78 is 5.19. The van der Waals surface area contributed by atoms with Gasteiger partial charge in [0.2, 0.25) is 5.91 Å². The molecule has 1 aliphatic rings. The Hall–Kier alpha value is -1.30. The maximum atomic E-state index is 11.6. The number of rotatable bonds is 2. The van der Waals surface area contributed by atoms with Crippen LogP contribution in [-0.4, -0.2) is 23.6 Å². The Bertz CT molecular complexity index is 304. The molecule has 0 atom stereocenters.